The first kappa shape index (κ1) is 11.4. The minimum atomic E-state index is 0.346. The third-order valence-corrected chi connectivity index (χ3v) is 4.19. The SMILES string of the molecule is OCC1CCN(Cc2ccc(Cl)s2)CC1. The van der Waals surface area contributed by atoms with E-state index in [0.29, 0.717) is 12.5 Å². The van der Waals surface area contributed by atoms with Crippen LogP contribution in [0.1, 0.15) is 17.7 Å². The first-order chi connectivity index (χ1) is 7.28. The quantitative estimate of drug-likeness (QED) is 0.885. The zero-order chi connectivity index (χ0) is 10.7. The largest absolute Gasteiger partial charge is 0.396 e. The van der Waals surface area contributed by atoms with Crippen molar-refractivity contribution in [3.8, 4) is 0 Å². The summed E-state index contributed by atoms with van der Waals surface area (Å²) in [5.41, 5.74) is 0. The van der Waals surface area contributed by atoms with E-state index in [1.165, 1.54) is 4.88 Å². The average molecular weight is 246 g/mol. The van der Waals surface area contributed by atoms with Gasteiger partial charge in [0.05, 0.1) is 4.34 Å². The zero-order valence-electron chi connectivity index (χ0n) is 8.66. The molecule has 0 bridgehead atoms. The minimum absolute atomic E-state index is 0.346. The molecule has 0 aliphatic carbocycles. The first-order valence-corrected chi connectivity index (χ1v) is 6.55. The number of halogens is 1. The zero-order valence-corrected chi connectivity index (χ0v) is 10.2. The van der Waals surface area contributed by atoms with E-state index in [9.17, 15) is 0 Å². The molecule has 0 amide bonds. The predicted molar refractivity (Wildman–Crippen MR) is 64.4 cm³/mol. The molecule has 1 N–H and O–H groups in total. The van der Waals surface area contributed by atoms with Crippen LogP contribution >= 0.6 is 22.9 Å². The summed E-state index contributed by atoms with van der Waals surface area (Å²) in [6.45, 7) is 3.55. The Morgan fingerprint density at radius 2 is 2.13 bits per heavy atom. The van der Waals surface area contributed by atoms with Crippen LogP contribution in [0.15, 0.2) is 12.1 Å². The fourth-order valence-electron chi connectivity index (χ4n) is 1.98. The van der Waals surface area contributed by atoms with E-state index in [2.05, 4.69) is 11.0 Å². The molecule has 4 heteroatoms. The third-order valence-electron chi connectivity index (χ3n) is 2.97. The van der Waals surface area contributed by atoms with Crippen LogP contribution in [-0.2, 0) is 6.54 Å². The van der Waals surface area contributed by atoms with Gasteiger partial charge in [-0.3, -0.25) is 4.90 Å². The van der Waals surface area contributed by atoms with Gasteiger partial charge in [0.1, 0.15) is 0 Å². The van der Waals surface area contributed by atoms with Crippen LogP contribution in [0.2, 0.25) is 4.34 Å². The molecule has 0 aromatic carbocycles. The molecule has 84 valence electrons. The molecular weight excluding hydrogens is 230 g/mol. The van der Waals surface area contributed by atoms with Crippen LogP contribution in [0, 0.1) is 5.92 Å². The molecule has 1 aromatic rings. The summed E-state index contributed by atoms with van der Waals surface area (Å²) in [6, 6.07) is 4.06. The first-order valence-electron chi connectivity index (χ1n) is 5.35. The molecule has 15 heavy (non-hydrogen) atoms. The van der Waals surface area contributed by atoms with Gasteiger partial charge in [-0.15, -0.1) is 11.3 Å². The van der Waals surface area contributed by atoms with E-state index in [1.54, 1.807) is 11.3 Å². The van der Waals surface area contributed by atoms with Gasteiger partial charge in [-0.2, -0.15) is 0 Å². The lowest BCUT2D eigenvalue weighted by molar-refractivity contribution is 0.128. The van der Waals surface area contributed by atoms with Gasteiger partial charge in [0.15, 0.2) is 0 Å². The summed E-state index contributed by atoms with van der Waals surface area (Å²) in [7, 11) is 0. The van der Waals surface area contributed by atoms with E-state index in [4.69, 9.17) is 16.7 Å². The highest BCUT2D eigenvalue weighted by Crippen LogP contribution is 2.24. The Kier molecular flexibility index (Phi) is 4.03. The molecule has 1 fully saturated rings. The monoisotopic (exact) mass is 245 g/mol. The number of thiophene rings is 1. The molecule has 0 unspecified atom stereocenters. The molecule has 2 nitrogen and oxygen atoms in total. The maximum absolute atomic E-state index is 9.04. The molecule has 1 aromatic heterocycles. The van der Waals surface area contributed by atoms with Gasteiger partial charge in [-0.05, 0) is 44.0 Å². The summed E-state index contributed by atoms with van der Waals surface area (Å²) < 4.78 is 0.871. The highest BCUT2D eigenvalue weighted by Gasteiger charge is 2.18. The number of hydrogen-bond donors (Lipinski definition) is 1. The Labute approximate surface area is 99.5 Å². The lowest BCUT2D eigenvalue weighted by atomic mass is 9.98. The van der Waals surface area contributed by atoms with Crippen molar-refractivity contribution in [2.75, 3.05) is 19.7 Å². The van der Waals surface area contributed by atoms with Crippen molar-refractivity contribution in [3.05, 3.63) is 21.3 Å². The maximum Gasteiger partial charge on any atom is 0.0931 e. The topological polar surface area (TPSA) is 23.5 Å². The van der Waals surface area contributed by atoms with Crippen LogP contribution in [0.3, 0.4) is 0 Å². The number of likely N-dealkylation sites (tertiary alicyclic amines) is 1. The number of nitrogens with zero attached hydrogens (tertiary/aromatic N) is 1. The third kappa shape index (κ3) is 3.18. The Balaban J connectivity index is 1.82. The summed E-state index contributed by atoms with van der Waals surface area (Å²) in [5, 5.41) is 9.04. The number of aliphatic hydroxyl groups is 1. The van der Waals surface area contributed by atoms with Crippen molar-refractivity contribution in [2.45, 2.75) is 19.4 Å². The fourth-order valence-corrected chi connectivity index (χ4v) is 3.11. The smallest absolute Gasteiger partial charge is 0.0931 e. The number of aliphatic hydroxyl groups excluding tert-OH is 1. The molecule has 0 radical (unpaired) electrons. The molecule has 0 saturated carbocycles. The van der Waals surface area contributed by atoms with Crippen LogP contribution in [-0.4, -0.2) is 29.7 Å². The lowest BCUT2D eigenvalue weighted by Gasteiger charge is -2.30. The van der Waals surface area contributed by atoms with E-state index in [-0.39, 0.29) is 0 Å². The molecule has 1 aliphatic rings. The van der Waals surface area contributed by atoms with E-state index in [0.717, 1.165) is 36.8 Å². The van der Waals surface area contributed by atoms with Crippen molar-refractivity contribution in [1.82, 2.24) is 4.90 Å². The minimum Gasteiger partial charge on any atom is -0.396 e. The Bertz CT molecular complexity index is 307. The number of piperidine rings is 1. The second-order valence-electron chi connectivity index (χ2n) is 4.11. The van der Waals surface area contributed by atoms with Crippen LogP contribution in [0.4, 0.5) is 0 Å². The van der Waals surface area contributed by atoms with Gasteiger partial charge in [0.25, 0.3) is 0 Å². The maximum atomic E-state index is 9.04. The summed E-state index contributed by atoms with van der Waals surface area (Å²) in [5.74, 6) is 0.521. The lowest BCUT2D eigenvalue weighted by Crippen LogP contribution is -2.34. The van der Waals surface area contributed by atoms with E-state index in [1.807, 2.05) is 6.07 Å². The second kappa shape index (κ2) is 5.30. The summed E-state index contributed by atoms with van der Waals surface area (Å²) in [4.78, 5) is 3.77. The Morgan fingerprint density at radius 1 is 1.40 bits per heavy atom. The van der Waals surface area contributed by atoms with Crippen molar-refractivity contribution >= 4 is 22.9 Å². The van der Waals surface area contributed by atoms with E-state index >= 15 is 0 Å². The summed E-state index contributed by atoms with van der Waals surface area (Å²) in [6.07, 6.45) is 2.24. The van der Waals surface area contributed by atoms with E-state index < -0.39 is 0 Å². The van der Waals surface area contributed by atoms with Crippen LogP contribution < -0.4 is 0 Å². The van der Waals surface area contributed by atoms with Gasteiger partial charge in [-0.25, -0.2) is 0 Å². The van der Waals surface area contributed by atoms with Crippen molar-refractivity contribution in [3.63, 3.8) is 0 Å². The normalized spacial score (nSPS) is 19.6. The van der Waals surface area contributed by atoms with Gasteiger partial charge >= 0.3 is 0 Å². The molecule has 2 rings (SSSR count). The van der Waals surface area contributed by atoms with Gasteiger partial charge < -0.3 is 5.11 Å². The Hall–Kier alpha value is -0.0900. The predicted octanol–water partition coefficient (Wildman–Crippen LogP) is 2.61. The number of rotatable bonds is 3. The highest BCUT2D eigenvalue weighted by atomic mass is 35.5. The molecule has 0 spiro atoms. The van der Waals surface area contributed by atoms with Gasteiger partial charge in [0.2, 0.25) is 0 Å². The van der Waals surface area contributed by atoms with Crippen molar-refractivity contribution < 1.29 is 5.11 Å². The second-order valence-corrected chi connectivity index (χ2v) is 5.91. The fraction of sp³-hybridized carbons (Fsp3) is 0.636. The summed E-state index contributed by atoms with van der Waals surface area (Å²) >= 11 is 7.55. The van der Waals surface area contributed by atoms with Crippen LogP contribution in [0.25, 0.3) is 0 Å². The van der Waals surface area contributed by atoms with Gasteiger partial charge in [-0.1, -0.05) is 11.6 Å². The molecular formula is C11H16ClNOS. The highest BCUT2D eigenvalue weighted by molar-refractivity contribution is 7.16. The Morgan fingerprint density at radius 3 is 2.67 bits per heavy atom. The van der Waals surface area contributed by atoms with Crippen LogP contribution in [0.5, 0.6) is 0 Å². The van der Waals surface area contributed by atoms with Gasteiger partial charge in [0, 0.05) is 18.0 Å². The molecule has 1 saturated heterocycles. The molecule has 1 aliphatic heterocycles. The van der Waals surface area contributed by atoms with Crippen molar-refractivity contribution in [2.24, 2.45) is 5.92 Å². The molecule has 2 heterocycles. The average Bonchev–Trinajstić information content (AvgIpc) is 2.65. The number of hydrogen-bond acceptors (Lipinski definition) is 3. The standard InChI is InChI=1S/C11H16ClNOS/c12-11-2-1-10(15-11)7-13-5-3-9(8-14)4-6-13/h1-2,9,14H,3-8H2. The molecule has 0 atom stereocenters. The van der Waals surface area contributed by atoms with Crippen molar-refractivity contribution in [1.29, 1.82) is 0 Å².